The molecule has 0 saturated carbocycles. The summed E-state index contributed by atoms with van der Waals surface area (Å²) < 4.78 is 1.17. The second kappa shape index (κ2) is 4.15. The van der Waals surface area contributed by atoms with Crippen molar-refractivity contribution in [1.82, 2.24) is 0 Å². The Balaban J connectivity index is 2.98. The molecule has 72 valence electrons. The number of aldehydes is 1. The quantitative estimate of drug-likeness (QED) is 0.595. The van der Waals surface area contributed by atoms with Crippen molar-refractivity contribution in [3.63, 3.8) is 0 Å². The van der Waals surface area contributed by atoms with Crippen LogP contribution < -0.4 is 0 Å². The minimum Gasteiger partial charge on any atom is -0.297 e. The maximum absolute atomic E-state index is 10.7. The van der Waals surface area contributed by atoms with E-state index in [1.54, 1.807) is 11.8 Å². The zero-order valence-electron chi connectivity index (χ0n) is 7.76. The number of rotatable bonds is 2. The summed E-state index contributed by atoms with van der Waals surface area (Å²) in [6, 6.07) is 0. The molecule has 1 rings (SSSR count). The normalized spacial score (nSPS) is 11.7. The number of carbonyl (C=O) groups is 1. The fraction of sp³-hybridized carbons (Fsp3) is 0.444. The van der Waals surface area contributed by atoms with Gasteiger partial charge < -0.3 is 0 Å². The summed E-state index contributed by atoms with van der Waals surface area (Å²) in [4.78, 5) is 12.6. The van der Waals surface area contributed by atoms with E-state index in [0.29, 0.717) is 0 Å². The molecule has 0 radical (unpaired) electrons. The van der Waals surface area contributed by atoms with Crippen LogP contribution in [0, 0.1) is 0 Å². The molecule has 0 fully saturated rings. The van der Waals surface area contributed by atoms with Crippen LogP contribution in [0.25, 0.3) is 0 Å². The summed E-state index contributed by atoms with van der Waals surface area (Å²) in [5.74, 6) is 0. The van der Waals surface area contributed by atoms with Gasteiger partial charge in [-0.3, -0.25) is 4.79 Å². The molecule has 0 bridgehead atoms. The molecule has 0 unspecified atom stereocenters. The third kappa shape index (κ3) is 3.11. The van der Waals surface area contributed by atoms with Crippen LogP contribution in [0.4, 0.5) is 0 Å². The van der Waals surface area contributed by atoms with E-state index >= 15 is 0 Å². The van der Waals surface area contributed by atoms with Crippen LogP contribution in [0.15, 0.2) is 14.7 Å². The number of thioether (sulfide) groups is 1. The lowest BCUT2D eigenvalue weighted by Crippen LogP contribution is -2.06. The molecule has 1 nitrogen and oxygen atoms in total. The number of hydrogen-bond donors (Lipinski definition) is 0. The Hall–Kier alpha value is 0.200. The summed E-state index contributed by atoms with van der Waals surface area (Å²) in [5.41, 5.74) is 0. The standard InChI is InChI=1S/C9H11BrOS2/c1-9(2,3)13-8-6(10)5-12-7(8)4-11/h4-5H,1-3H3. The van der Waals surface area contributed by atoms with E-state index < -0.39 is 0 Å². The Morgan fingerprint density at radius 1 is 1.54 bits per heavy atom. The summed E-state index contributed by atoms with van der Waals surface area (Å²) in [6.45, 7) is 6.41. The molecule has 13 heavy (non-hydrogen) atoms. The lowest BCUT2D eigenvalue weighted by molar-refractivity contribution is 0.112. The van der Waals surface area contributed by atoms with Crippen LogP contribution in [-0.4, -0.2) is 11.0 Å². The molecule has 0 aliphatic rings. The molecule has 0 amide bonds. The van der Waals surface area contributed by atoms with Gasteiger partial charge in [-0.25, -0.2) is 0 Å². The van der Waals surface area contributed by atoms with Crippen molar-refractivity contribution in [2.45, 2.75) is 30.4 Å². The van der Waals surface area contributed by atoms with Crippen molar-refractivity contribution < 1.29 is 4.79 Å². The van der Waals surface area contributed by atoms with Crippen LogP contribution in [-0.2, 0) is 0 Å². The smallest absolute Gasteiger partial charge is 0.161 e. The Morgan fingerprint density at radius 3 is 2.62 bits per heavy atom. The summed E-state index contributed by atoms with van der Waals surface area (Å²) >= 11 is 6.64. The van der Waals surface area contributed by atoms with Gasteiger partial charge in [-0.05, 0) is 15.9 Å². The van der Waals surface area contributed by atoms with E-state index in [0.717, 1.165) is 20.5 Å². The van der Waals surface area contributed by atoms with E-state index in [4.69, 9.17) is 0 Å². The highest BCUT2D eigenvalue weighted by Gasteiger charge is 2.18. The van der Waals surface area contributed by atoms with Gasteiger partial charge in [0.1, 0.15) is 0 Å². The Labute approximate surface area is 95.0 Å². The summed E-state index contributed by atoms with van der Waals surface area (Å²) in [6.07, 6.45) is 0.920. The first kappa shape index (κ1) is 11.3. The van der Waals surface area contributed by atoms with Gasteiger partial charge in [0.05, 0.1) is 4.88 Å². The van der Waals surface area contributed by atoms with Crippen molar-refractivity contribution in [2.75, 3.05) is 0 Å². The zero-order chi connectivity index (χ0) is 10.1. The minimum absolute atomic E-state index is 0.140. The molecule has 1 aromatic rings. The summed E-state index contributed by atoms with van der Waals surface area (Å²) in [5, 5.41) is 1.96. The van der Waals surface area contributed by atoms with E-state index in [1.165, 1.54) is 11.3 Å². The van der Waals surface area contributed by atoms with Crippen LogP contribution in [0.2, 0.25) is 0 Å². The molecular formula is C9H11BrOS2. The first-order valence-corrected chi connectivity index (χ1v) is 6.34. The highest BCUT2D eigenvalue weighted by molar-refractivity contribution is 9.10. The van der Waals surface area contributed by atoms with Gasteiger partial charge in [0.15, 0.2) is 6.29 Å². The Bertz CT molecular complexity index is 312. The summed E-state index contributed by atoms with van der Waals surface area (Å²) in [7, 11) is 0. The van der Waals surface area contributed by atoms with Crippen LogP contribution >= 0.6 is 39.0 Å². The van der Waals surface area contributed by atoms with Gasteiger partial charge in [-0.15, -0.1) is 23.1 Å². The van der Waals surface area contributed by atoms with Gasteiger partial charge in [-0.2, -0.15) is 0 Å². The molecule has 1 heterocycles. The van der Waals surface area contributed by atoms with E-state index in [1.807, 2.05) is 5.38 Å². The molecule has 0 aromatic carbocycles. The second-order valence-corrected chi connectivity index (χ2v) is 7.21. The predicted molar refractivity (Wildman–Crippen MR) is 63.0 cm³/mol. The third-order valence-electron chi connectivity index (χ3n) is 1.25. The monoisotopic (exact) mass is 278 g/mol. The van der Waals surface area contributed by atoms with Crippen LogP contribution in [0.5, 0.6) is 0 Å². The fourth-order valence-electron chi connectivity index (χ4n) is 0.826. The molecule has 0 saturated heterocycles. The van der Waals surface area contributed by atoms with Gasteiger partial charge in [0.25, 0.3) is 0 Å². The first-order chi connectivity index (χ1) is 5.94. The lowest BCUT2D eigenvalue weighted by atomic mass is 10.3. The highest BCUT2D eigenvalue weighted by atomic mass is 79.9. The van der Waals surface area contributed by atoms with Crippen LogP contribution in [0.3, 0.4) is 0 Å². The maximum atomic E-state index is 10.7. The molecule has 1 aromatic heterocycles. The number of hydrogen-bond acceptors (Lipinski definition) is 3. The Kier molecular flexibility index (Phi) is 3.60. The van der Waals surface area contributed by atoms with Gasteiger partial charge in [0.2, 0.25) is 0 Å². The van der Waals surface area contributed by atoms with Crippen molar-refractivity contribution >= 4 is 45.3 Å². The largest absolute Gasteiger partial charge is 0.297 e. The van der Waals surface area contributed by atoms with Crippen LogP contribution in [0.1, 0.15) is 30.4 Å². The van der Waals surface area contributed by atoms with Crippen molar-refractivity contribution in [2.24, 2.45) is 0 Å². The first-order valence-electron chi connectivity index (χ1n) is 3.85. The number of carbonyl (C=O) groups excluding carboxylic acids is 1. The van der Waals surface area contributed by atoms with Crippen molar-refractivity contribution in [3.8, 4) is 0 Å². The molecular weight excluding hydrogens is 268 g/mol. The topological polar surface area (TPSA) is 17.1 Å². The van der Waals surface area contributed by atoms with Gasteiger partial charge >= 0.3 is 0 Å². The predicted octanol–water partition coefficient (Wildman–Crippen LogP) is 4.21. The molecule has 0 N–H and O–H groups in total. The van der Waals surface area contributed by atoms with Gasteiger partial charge in [-0.1, -0.05) is 20.8 Å². The SMILES string of the molecule is CC(C)(C)Sc1c(Br)csc1C=O. The maximum Gasteiger partial charge on any atom is 0.161 e. The Morgan fingerprint density at radius 2 is 2.15 bits per heavy atom. The number of thiophene rings is 1. The van der Waals surface area contributed by atoms with E-state index in [-0.39, 0.29) is 4.75 Å². The average Bonchev–Trinajstić information content (AvgIpc) is 2.30. The molecule has 0 atom stereocenters. The third-order valence-corrected chi connectivity index (χ3v) is 4.73. The average molecular weight is 279 g/mol. The fourth-order valence-corrected chi connectivity index (χ4v) is 3.58. The lowest BCUT2D eigenvalue weighted by Gasteiger charge is -2.17. The van der Waals surface area contributed by atoms with E-state index in [9.17, 15) is 4.79 Å². The van der Waals surface area contributed by atoms with Crippen molar-refractivity contribution in [3.05, 3.63) is 14.7 Å². The molecule has 0 aliphatic heterocycles. The molecule has 4 heteroatoms. The second-order valence-electron chi connectivity index (χ2n) is 3.61. The minimum atomic E-state index is 0.140. The molecule has 0 spiro atoms. The van der Waals surface area contributed by atoms with E-state index in [2.05, 4.69) is 36.7 Å². The van der Waals surface area contributed by atoms with Crippen molar-refractivity contribution in [1.29, 1.82) is 0 Å². The zero-order valence-corrected chi connectivity index (χ0v) is 11.0. The highest BCUT2D eigenvalue weighted by Crippen LogP contribution is 2.41. The molecule has 0 aliphatic carbocycles. The number of halogens is 1. The van der Waals surface area contributed by atoms with Gasteiger partial charge in [0, 0.05) is 19.5 Å².